The van der Waals surface area contributed by atoms with E-state index >= 15 is 0 Å². The van der Waals surface area contributed by atoms with Crippen molar-refractivity contribution in [1.82, 2.24) is 4.90 Å². The van der Waals surface area contributed by atoms with Crippen LogP contribution in [0, 0.1) is 0 Å². The van der Waals surface area contributed by atoms with Crippen LogP contribution in [-0.2, 0) is 20.8 Å². The number of ether oxygens (including phenoxy) is 3. The summed E-state index contributed by atoms with van der Waals surface area (Å²) in [6.45, 7) is 9.56. The molecule has 0 N–H and O–H groups in total. The molecule has 0 aromatic heterocycles. The Morgan fingerprint density at radius 3 is 2.17 bits per heavy atom. The van der Waals surface area contributed by atoms with E-state index in [-0.39, 0.29) is 12.2 Å². The van der Waals surface area contributed by atoms with Gasteiger partial charge in [-0.25, -0.2) is 4.79 Å². The Balaban J connectivity index is 1.37. The summed E-state index contributed by atoms with van der Waals surface area (Å²) in [6, 6.07) is 10.3. The number of hydrogen-bond donors (Lipinski definition) is 0. The van der Waals surface area contributed by atoms with Crippen LogP contribution in [0.5, 0.6) is 0 Å². The van der Waals surface area contributed by atoms with Crippen LogP contribution in [0.3, 0.4) is 0 Å². The molecule has 1 aliphatic rings. The number of benzene rings is 1. The predicted octanol–water partition coefficient (Wildman–Crippen LogP) is 5.96. The van der Waals surface area contributed by atoms with Gasteiger partial charge in [0, 0.05) is 26.3 Å². The summed E-state index contributed by atoms with van der Waals surface area (Å²) in [7, 11) is 0. The lowest BCUT2D eigenvalue weighted by Crippen LogP contribution is -2.43. The number of piperidine rings is 1. The molecular weight excluding hydrogens is 378 g/mol. The molecule has 1 amide bonds. The number of hydrogen-bond acceptors (Lipinski definition) is 4. The zero-order valence-corrected chi connectivity index (χ0v) is 19.2. The van der Waals surface area contributed by atoms with E-state index < -0.39 is 5.60 Å². The summed E-state index contributed by atoms with van der Waals surface area (Å²) in [4.78, 5) is 13.9. The van der Waals surface area contributed by atoms with Crippen LogP contribution in [0.4, 0.5) is 4.79 Å². The maximum atomic E-state index is 12.1. The number of rotatable bonds is 12. The highest BCUT2D eigenvalue weighted by Gasteiger charge is 2.26. The van der Waals surface area contributed by atoms with E-state index in [2.05, 4.69) is 24.3 Å². The molecule has 1 aromatic carbocycles. The van der Waals surface area contributed by atoms with Gasteiger partial charge in [0.2, 0.25) is 0 Å². The molecule has 5 nitrogen and oxygen atoms in total. The van der Waals surface area contributed by atoms with Crippen LogP contribution < -0.4 is 0 Å². The molecule has 0 bridgehead atoms. The van der Waals surface area contributed by atoms with Crippen molar-refractivity contribution >= 4 is 6.09 Å². The molecule has 0 aliphatic carbocycles. The molecule has 170 valence electrons. The number of amides is 1. The maximum absolute atomic E-state index is 12.1. The third-order valence-electron chi connectivity index (χ3n) is 5.24. The predicted molar refractivity (Wildman–Crippen MR) is 121 cm³/mol. The Hall–Kier alpha value is -1.59. The first-order valence-corrected chi connectivity index (χ1v) is 11.7. The van der Waals surface area contributed by atoms with Crippen LogP contribution in [-0.4, -0.2) is 49.0 Å². The summed E-state index contributed by atoms with van der Waals surface area (Å²) in [6.07, 6.45) is 9.14. The normalized spacial score (nSPS) is 15.4. The standard InChI is InChI=1S/C25H41NO4/c1-25(2,3)30-24(27)26-17-15-23(16-18-26)29-20-12-7-5-4-6-11-19-28-21-22-13-9-8-10-14-22/h8-10,13-14,23H,4-7,11-12,15-21H2,1-3H3. The van der Waals surface area contributed by atoms with Gasteiger partial charge in [0.1, 0.15) is 5.60 Å². The molecule has 5 heteroatoms. The van der Waals surface area contributed by atoms with E-state index in [9.17, 15) is 4.79 Å². The summed E-state index contributed by atoms with van der Waals surface area (Å²) in [5.41, 5.74) is 0.813. The van der Waals surface area contributed by atoms with E-state index in [1.54, 1.807) is 4.90 Å². The second kappa shape index (κ2) is 13.7. The second-order valence-corrected chi connectivity index (χ2v) is 9.20. The fourth-order valence-electron chi connectivity index (χ4n) is 3.56. The minimum Gasteiger partial charge on any atom is -0.444 e. The highest BCUT2D eigenvalue weighted by Crippen LogP contribution is 2.18. The minimum absolute atomic E-state index is 0.202. The van der Waals surface area contributed by atoms with Crippen molar-refractivity contribution < 1.29 is 19.0 Å². The molecule has 0 atom stereocenters. The van der Waals surface area contributed by atoms with Crippen molar-refractivity contribution in [1.29, 1.82) is 0 Å². The molecule has 1 fully saturated rings. The Labute approximate surface area is 183 Å². The lowest BCUT2D eigenvalue weighted by atomic mass is 10.1. The van der Waals surface area contributed by atoms with Gasteiger partial charge >= 0.3 is 6.09 Å². The van der Waals surface area contributed by atoms with E-state index in [4.69, 9.17) is 14.2 Å². The molecular formula is C25H41NO4. The third kappa shape index (κ3) is 11.0. The van der Waals surface area contributed by atoms with Gasteiger partial charge in [-0.1, -0.05) is 56.0 Å². The van der Waals surface area contributed by atoms with Gasteiger partial charge in [-0.2, -0.15) is 0 Å². The quantitative estimate of drug-likeness (QED) is 0.392. The van der Waals surface area contributed by atoms with Crippen molar-refractivity contribution in [3.05, 3.63) is 35.9 Å². The smallest absolute Gasteiger partial charge is 0.410 e. The number of likely N-dealkylation sites (tertiary alicyclic amines) is 1. The molecule has 0 unspecified atom stereocenters. The van der Waals surface area contributed by atoms with Gasteiger partial charge in [0.25, 0.3) is 0 Å². The lowest BCUT2D eigenvalue weighted by molar-refractivity contribution is -0.0121. The van der Waals surface area contributed by atoms with Gasteiger partial charge in [0.15, 0.2) is 0 Å². The largest absolute Gasteiger partial charge is 0.444 e. The minimum atomic E-state index is -0.431. The Morgan fingerprint density at radius 2 is 1.53 bits per heavy atom. The summed E-state index contributed by atoms with van der Waals surface area (Å²) in [5.74, 6) is 0. The Kier molecular flexibility index (Phi) is 11.2. The number of nitrogens with zero attached hydrogens (tertiary/aromatic N) is 1. The fourth-order valence-corrected chi connectivity index (χ4v) is 3.56. The average Bonchev–Trinajstić information content (AvgIpc) is 2.72. The summed E-state index contributed by atoms with van der Waals surface area (Å²) in [5, 5.41) is 0. The molecule has 0 radical (unpaired) electrons. The molecule has 30 heavy (non-hydrogen) atoms. The second-order valence-electron chi connectivity index (χ2n) is 9.20. The van der Waals surface area contributed by atoms with Crippen LogP contribution in [0.15, 0.2) is 30.3 Å². The van der Waals surface area contributed by atoms with E-state index in [1.165, 1.54) is 31.2 Å². The van der Waals surface area contributed by atoms with Crippen LogP contribution in [0.25, 0.3) is 0 Å². The lowest BCUT2D eigenvalue weighted by Gasteiger charge is -2.33. The highest BCUT2D eigenvalue weighted by molar-refractivity contribution is 5.68. The van der Waals surface area contributed by atoms with Gasteiger partial charge in [-0.15, -0.1) is 0 Å². The van der Waals surface area contributed by atoms with Crippen LogP contribution in [0.2, 0.25) is 0 Å². The van der Waals surface area contributed by atoms with E-state index in [0.29, 0.717) is 0 Å². The van der Waals surface area contributed by atoms with Gasteiger partial charge in [0.05, 0.1) is 12.7 Å². The molecule has 1 saturated heterocycles. The first-order chi connectivity index (χ1) is 14.4. The SMILES string of the molecule is CC(C)(C)OC(=O)N1CCC(OCCCCCCCCOCc2ccccc2)CC1. The van der Waals surface area contributed by atoms with Gasteiger partial charge in [-0.3, -0.25) is 0 Å². The fraction of sp³-hybridized carbons (Fsp3) is 0.720. The van der Waals surface area contributed by atoms with Crippen molar-refractivity contribution in [2.45, 2.75) is 90.4 Å². The monoisotopic (exact) mass is 419 g/mol. The highest BCUT2D eigenvalue weighted by atomic mass is 16.6. The molecule has 1 heterocycles. The van der Waals surface area contributed by atoms with Crippen molar-refractivity contribution in [2.75, 3.05) is 26.3 Å². The van der Waals surface area contributed by atoms with Gasteiger partial charge in [-0.05, 0) is 52.0 Å². The first kappa shape index (κ1) is 24.7. The number of carbonyl (C=O) groups excluding carboxylic acids is 1. The van der Waals surface area contributed by atoms with E-state index in [1.807, 2.05) is 26.8 Å². The van der Waals surface area contributed by atoms with Crippen molar-refractivity contribution in [3.63, 3.8) is 0 Å². The van der Waals surface area contributed by atoms with Crippen LogP contribution >= 0.6 is 0 Å². The number of unbranched alkanes of at least 4 members (excludes halogenated alkanes) is 5. The number of carbonyl (C=O) groups is 1. The maximum Gasteiger partial charge on any atom is 0.410 e. The van der Waals surface area contributed by atoms with Crippen LogP contribution in [0.1, 0.15) is 77.7 Å². The zero-order chi connectivity index (χ0) is 21.7. The summed E-state index contributed by atoms with van der Waals surface area (Å²) >= 11 is 0. The topological polar surface area (TPSA) is 48.0 Å². The average molecular weight is 420 g/mol. The summed E-state index contributed by atoms with van der Waals surface area (Å²) < 4.78 is 17.2. The van der Waals surface area contributed by atoms with Gasteiger partial charge < -0.3 is 19.1 Å². The Morgan fingerprint density at radius 1 is 0.933 bits per heavy atom. The van der Waals surface area contributed by atoms with Crippen molar-refractivity contribution in [3.8, 4) is 0 Å². The van der Waals surface area contributed by atoms with Crippen molar-refractivity contribution in [2.24, 2.45) is 0 Å². The zero-order valence-electron chi connectivity index (χ0n) is 19.2. The Bertz CT molecular complexity index is 577. The molecule has 0 saturated carbocycles. The third-order valence-corrected chi connectivity index (χ3v) is 5.24. The molecule has 1 aliphatic heterocycles. The molecule has 0 spiro atoms. The van der Waals surface area contributed by atoms with E-state index in [0.717, 1.165) is 58.6 Å². The molecule has 2 rings (SSSR count). The first-order valence-electron chi connectivity index (χ1n) is 11.7. The molecule has 1 aromatic rings.